The molecule has 0 aliphatic carbocycles. The van der Waals surface area contributed by atoms with Crippen molar-refractivity contribution in [3.8, 4) is 0 Å². The van der Waals surface area contributed by atoms with Crippen LogP contribution in [0.2, 0.25) is 0 Å². The van der Waals surface area contributed by atoms with Gasteiger partial charge in [-0.2, -0.15) is 0 Å². The minimum atomic E-state index is -0.611. The van der Waals surface area contributed by atoms with E-state index in [0.717, 1.165) is 24.0 Å². The number of rotatable bonds is 9. The van der Waals surface area contributed by atoms with Crippen LogP contribution < -0.4 is 5.32 Å². The number of nitrogens with zero attached hydrogens (tertiary/aromatic N) is 2. The second kappa shape index (κ2) is 8.22. The molecule has 1 aromatic heterocycles. The first-order valence-electron chi connectivity index (χ1n) is 7.76. The molecule has 122 valence electrons. The molecule has 6 heteroatoms. The van der Waals surface area contributed by atoms with Crippen LogP contribution in [0.3, 0.4) is 0 Å². The zero-order valence-electron chi connectivity index (χ0n) is 13.4. The summed E-state index contributed by atoms with van der Waals surface area (Å²) in [5, 5.41) is 10.3. The Labute approximate surface area is 135 Å². The summed E-state index contributed by atoms with van der Waals surface area (Å²) >= 11 is 0. The molecule has 1 N–H and O–H groups in total. The molecule has 2 aromatic rings. The molecule has 1 amide bonds. The molecular weight excluding hydrogens is 294 g/mol. The minimum Gasteiger partial charge on any atom is -0.418 e. The molecule has 0 saturated heterocycles. The highest BCUT2D eigenvalue weighted by atomic mass is 16.4. The zero-order chi connectivity index (χ0) is 16.7. The number of unbranched alkanes of at least 4 members (excludes halogenated alkanes) is 1. The fraction of sp³-hybridized carbons (Fsp3) is 0.412. The highest BCUT2D eigenvalue weighted by Crippen LogP contribution is 2.13. The van der Waals surface area contributed by atoms with Gasteiger partial charge in [0.1, 0.15) is 0 Å². The van der Waals surface area contributed by atoms with Gasteiger partial charge in [-0.1, -0.05) is 49.6 Å². The van der Waals surface area contributed by atoms with Crippen molar-refractivity contribution in [2.45, 2.75) is 45.6 Å². The molecule has 2 rings (SSSR count). The molecule has 0 bridgehead atoms. The smallest absolute Gasteiger partial charge is 0.286 e. The van der Waals surface area contributed by atoms with E-state index in [1.54, 1.807) is 0 Å². The van der Waals surface area contributed by atoms with E-state index in [4.69, 9.17) is 4.42 Å². The van der Waals surface area contributed by atoms with Crippen molar-refractivity contribution < 1.29 is 14.0 Å². The van der Waals surface area contributed by atoms with Crippen LogP contribution in [0.1, 0.15) is 53.9 Å². The fourth-order valence-electron chi connectivity index (χ4n) is 2.35. The Morgan fingerprint density at radius 2 is 2.22 bits per heavy atom. The van der Waals surface area contributed by atoms with Crippen molar-refractivity contribution in [2.24, 2.45) is 0 Å². The van der Waals surface area contributed by atoms with Gasteiger partial charge in [-0.25, -0.2) is 0 Å². The molecule has 1 unspecified atom stereocenters. The number of aryl methyl sites for hydroxylation is 1. The number of ketones is 1. The molecule has 1 atom stereocenters. The third-order valence-corrected chi connectivity index (χ3v) is 3.55. The van der Waals surface area contributed by atoms with Crippen molar-refractivity contribution >= 4 is 12.2 Å². The van der Waals surface area contributed by atoms with Crippen LogP contribution in [0, 0.1) is 6.92 Å². The Morgan fingerprint density at radius 3 is 2.91 bits per heavy atom. The summed E-state index contributed by atoms with van der Waals surface area (Å²) in [7, 11) is 0. The summed E-state index contributed by atoms with van der Waals surface area (Å²) < 4.78 is 5.47. The van der Waals surface area contributed by atoms with E-state index in [1.807, 2.05) is 38.1 Å². The number of amides is 1. The second-order valence-electron chi connectivity index (χ2n) is 5.51. The summed E-state index contributed by atoms with van der Waals surface area (Å²) in [6, 6.07) is 7.36. The van der Waals surface area contributed by atoms with E-state index >= 15 is 0 Å². The van der Waals surface area contributed by atoms with Gasteiger partial charge in [0, 0.05) is 0 Å². The van der Waals surface area contributed by atoms with E-state index in [-0.39, 0.29) is 11.7 Å². The minimum absolute atomic E-state index is 0.0527. The summed E-state index contributed by atoms with van der Waals surface area (Å²) in [5.74, 6) is -0.00376. The van der Waals surface area contributed by atoms with Gasteiger partial charge in [0.15, 0.2) is 0 Å². The number of hydrogen-bond donors (Lipinski definition) is 1. The standard InChI is InChI=1S/C17H21N3O3/c1-3-4-8-14(18-11-21)16(22)17-20-19-15(23-17)10-13-7-5-6-12(2)9-13/h5-7,9,11,14H,3-4,8,10H2,1-2H3,(H,18,21). The predicted octanol–water partition coefficient (Wildman–Crippen LogP) is 2.46. The second-order valence-corrected chi connectivity index (χ2v) is 5.51. The maximum Gasteiger partial charge on any atom is 0.286 e. The van der Waals surface area contributed by atoms with E-state index in [2.05, 4.69) is 15.5 Å². The molecule has 23 heavy (non-hydrogen) atoms. The zero-order valence-corrected chi connectivity index (χ0v) is 13.4. The quantitative estimate of drug-likeness (QED) is 0.567. The van der Waals surface area contributed by atoms with E-state index < -0.39 is 6.04 Å². The van der Waals surface area contributed by atoms with Gasteiger partial charge in [-0.3, -0.25) is 9.59 Å². The average molecular weight is 315 g/mol. The van der Waals surface area contributed by atoms with Gasteiger partial charge in [0.25, 0.3) is 5.89 Å². The fourth-order valence-corrected chi connectivity index (χ4v) is 2.35. The summed E-state index contributed by atoms with van der Waals surface area (Å²) in [4.78, 5) is 23.0. The molecule has 0 radical (unpaired) electrons. The SMILES string of the molecule is CCCCC(NC=O)C(=O)c1nnc(Cc2cccc(C)c2)o1. The summed E-state index contributed by atoms with van der Waals surface area (Å²) in [6.45, 7) is 4.03. The van der Waals surface area contributed by atoms with Gasteiger partial charge in [-0.15, -0.1) is 10.2 Å². The Morgan fingerprint density at radius 1 is 1.39 bits per heavy atom. The molecular formula is C17H21N3O3. The monoisotopic (exact) mass is 315 g/mol. The molecule has 0 spiro atoms. The highest BCUT2D eigenvalue weighted by molar-refractivity contribution is 5.96. The Bertz CT molecular complexity index is 667. The van der Waals surface area contributed by atoms with Crippen LogP contribution in [0.25, 0.3) is 0 Å². The Kier molecular flexibility index (Phi) is 6.02. The number of aromatic nitrogens is 2. The van der Waals surface area contributed by atoms with Crippen LogP contribution in [0.4, 0.5) is 0 Å². The lowest BCUT2D eigenvalue weighted by Crippen LogP contribution is -2.36. The highest BCUT2D eigenvalue weighted by Gasteiger charge is 2.24. The molecule has 0 aliphatic heterocycles. The maximum absolute atomic E-state index is 12.3. The maximum atomic E-state index is 12.3. The van der Waals surface area contributed by atoms with Crippen LogP contribution in [0.5, 0.6) is 0 Å². The van der Waals surface area contributed by atoms with Crippen molar-refractivity contribution in [3.05, 3.63) is 47.2 Å². The number of hydrogen-bond acceptors (Lipinski definition) is 5. The molecule has 0 aliphatic rings. The van der Waals surface area contributed by atoms with Crippen LogP contribution in [-0.4, -0.2) is 28.4 Å². The number of benzene rings is 1. The van der Waals surface area contributed by atoms with Gasteiger partial charge >= 0.3 is 0 Å². The normalized spacial score (nSPS) is 11.9. The van der Waals surface area contributed by atoms with Crippen LogP contribution in [-0.2, 0) is 11.2 Å². The Balaban J connectivity index is 2.07. The third-order valence-electron chi connectivity index (χ3n) is 3.55. The van der Waals surface area contributed by atoms with E-state index in [1.165, 1.54) is 0 Å². The van der Waals surface area contributed by atoms with Crippen LogP contribution in [0.15, 0.2) is 28.7 Å². The number of carbonyl (C=O) groups is 2. The largest absolute Gasteiger partial charge is 0.418 e. The van der Waals surface area contributed by atoms with E-state index in [0.29, 0.717) is 25.1 Å². The lowest BCUT2D eigenvalue weighted by molar-refractivity contribution is -0.110. The van der Waals surface area contributed by atoms with Crippen molar-refractivity contribution in [1.29, 1.82) is 0 Å². The van der Waals surface area contributed by atoms with Gasteiger partial charge < -0.3 is 9.73 Å². The lowest BCUT2D eigenvalue weighted by Gasteiger charge is -2.11. The van der Waals surface area contributed by atoms with Crippen LogP contribution >= 0.6 is 0 Å². The molecule has 1 heterocycles. The molecule has 0 fully saturated rings. The van der Waals surface area contributed by atoms with Gasteiger partial charge in [0.2, 0.25) is 18.1 Å². The lowest BCUT2D eigenvalue weighted by atomic mass is 10.1. The number of Topliss-reactive ketones (excluding diaryl/α,β-unsaturated/α-hetero) is 1. The van der Waals surface area contributed by atoms with Gasteiger partial charge in [-0.05, 0) is 18.9 Å². The molecule has 1 aromatic carbocycles. The molecule has 6 nitrogen and oxygen atoms in total. The summed E-state index contributed by atoms with van der Waals surface area (Å²) in [6.07, 6.45) is 3.34. The van der Waals surface area contributed by atoms with Crippen molar-refractivity contribution in [1.82, 2.24) is 15.5 Å². The summed E-state index contributed by atoms with van der Waals surface area (Å²) in [5.41, 5.74) is 2.19. The van der Waals surface area contributed by atoms with Crippen molar-refractivity contribution in [2.75, 3.05) is 0 Å². The average Bonchev–Trinajstić information content (AvgIpc) is 2.99. The number of carbonyl (C=O) groups excluding carboxylic acids is 2. The first-order valence-corrected chi connectivity index (χ1v) is 7.76. The first kappa shape index (κ1) is 16.9. The number of nitrogens with one attached hydrogen (secondary N) is 1. The topological polar surface area (TPSA) is 85.1 Å². The van der Waals surface area contributed by atoms with Crippen molar-refractivity contribution in [3.63, 3.8) is 0 Å². The molecule has 0 saturated carbocycles. The first-order chi connectivity index (χ1) is 11.1. The van der Waals surface area contributed by atoms with E-state index in [9.17, 15) is 9.59 Å². The van der Waals surface area contributed by atoms with Gasteiger partial charge in [0.05, 0.1) is 12.5 Å². The predicted molar refractivity (Wildman–Crippen MR) is 85.1 cm³/mol. The Hall–Kier alpha value is -2.50. The third kappa shape index (κ3) is 4.74.